The fourth-order valence-corrected chi connectivity index (χ4v) is 4.14. The molecule has 0 unspecified atom stereocenters. The molecule has 0 fully saturated rings. The van der Waals surface area contributed by atoms with Crippen LogP contribution in [0.15, 0.2) is 41.4 Å². The predicted octanol–water partition coefficient (Wildman–Crippen LogP) is 2.07. The molecule has 0 aliphatic carbocycles. The molecule has 0 N–H and O–H groups in total. The van der Waals surface area contributed by atoms with E-state index in [2.05, 4.69) is 9.47 Å². The monoisotopic (exact) mass is 463 g/mol. The zero-order valence-electron chi connectivity index (χ0n) is 18.3. The van der Waals surface area contributed by atoms with Gasteiger partial charge in [0.25, 0.3) is 0 Å². The standard InChI is InChI=1S/C22H25NO8S/c1-5-18(24)14-6-8-15(9-7-14)20(25)17-10-11-19(32(4,28)29)23(17)13-12-16(21(26)30-2)22(27)31-3/h6-11,16H,5,12-13H2,1-4H3. The Morgan fingerprint density at radius 2 is 1.44 bits per heavy atom. The number of nitrogens with zero attached hydrogens (tertiary/aromatic N) is 1. The maximum Gasteiger partial charge on any atom is 0.320 e. The van der Waals surface area contributed by atoms with E-state index in [0.29, 0.717) is 12.0 Å². The number of hydrogen-bond acceptors (Lipinski definition) is 8. The van der Waals surface area contributed by atoms with E-state index < -0.39 is 33.5 Å². The van der Waals surface area contributed by atoms with Gasteiger partial charge < -0.3 is 14.0 Å². The molecule has 1 aromatic heterocycles. The van der Waals surface area contributed by atoms with Crippen LogP contribution < -0.4 is 0 Å². The van der Waals surface area contributed by atoms with Crippen molar-refractivity contribution in [2.75, 3.05) is 20.5 Å². The van der Waals surface area contributed by atoms with Gasteiger partial charge in [-0.25, -0.2) is 8.42 Å². The molecule has 0 saturated carbocycles. The smallest absolute Gasteiger partial charge is 0.320 e. The molecule has 172 valence electrons. The summed E-state index contributed by atoms with van der Waals surface area (Å²) in [6.45, 7) is 1.61. The number of esters is 2. The molecule has 1 heterocycles. The highest BCUT2D eigenvalue weighted by molar-refractivity contribution is 7.90. The lowest BCUT2D eigenvalue weighted by Crippen LogP contribution is -2.28. The van der Waals surface area contributed by atoms with Crippen molar-refractivity contribution in [3.63, 3.8) is 0 Å². The van der Waals surface area contributed by atoms with E-state index in [-0.39, 0.29) is 35.0 Å². The van der Waals surface area contributed by atoms with E-state index in [1.54, 1.807) is 6.92 Å². The van der Waals surface area contributed by atoms with Crippen LogP contribution in [0.4, 0.5) is 0 Å². The topological polar surface area (TPSA) is 126 Å². The minimum Gasteiger partial charge on any atom is -0.468 e. The molecule has 2 rings (SSSR count). The normalized spacial score (nSPS) is 11.3. The van der Waals surface area contributed by atoms with Crippen molar-refractivity contribution in [1.82, 2.24) is 4.57 Å². The number of Topliss-reactive ketones (excluding diaryl/α,β-unsaturated/α-hetero) is 1. The summed E-state index contributed by atoms with van der Waals surface area (Å²) < 4.78 is 35.0. The van der Waals surface area contributed by atoms with Crippen LogP contribution in [0.2, 0.25) is 0 Å². The quantitative estimate of drug-likeness (QED) is 0.298. The third kappa shape index (κ3) is 5.50. The van der Waals surface area contributed by atoms with E-state index in [4.69, 9.17) is 0 Å². The Bertz CT molecular complexity index is 1110. The van der Waals surface area contributed by atoms with E-state index in [1.807, 2.05) is 0 Å². The summed E-state index contributed by atoms with van der Waals surface area (Å²) in [7, 11) is -1.47. The van der Waals surface area contributed by atoms with E-state index >= 15 is 0 Å². The molecule has 1 aromatic carbocycles. The van der Waals surface area contributed by atoms with Crippen molar-refractivity contribution in [1.29, 1.82) is 0 Å². The third-order valence-corrected chi connectivity index (χ3v) is 6.07. The fraction of sp³-hybridized carbons (Fsp3) is 0.364. The van der Waals surface area contributed by atoms with Gasteiger partial charge in [0.2, 0.25) is 5.78 Å². The first-order valence-electron chi connectivity index (χ1n) is 9.78. The van der Waals surface area contributed by atoms with Crippen LogP contribution in [0.25, 0.3) is 0 Å². The lowest BCUT2D eigenvalue weighted by Gasteiger charge is -2.16. The van der Waals surface area contributed by atoms with E-state index in [9.17, 15) is 27.6 Å². The summed E-state index contributed by atoms with van der Waals surface area (Å²) in [6.07, 6.45) is 1.19. The molecule has 2 aromatic rings. The number of methoxy groups -OCH3 is 2. The number of sulfone groups is 1. The SMILES string of the molecule is CCC(=O)c1ccc(C(=O)c2ccc(S(C)(=O)=O)n2CCC(C(=O)OC)C(=O)OC)cc1. The third-order valence-electron chi connectivity index (χ3n) is 4.96. The van der Waals surface area contributed by atoms with Crippen LogP contribution >= 0.6 is 0 Å². The lowest BCUT2D eigenvalue weighted by molar-refractivity contribution is -0.159. The molecule has 0 saturated heterocycles. The van der Waals surface area contributed by atoms with Crippen molar-refractivity contribution >= 4 is 33.3 Å². The van der Waals surface area contributed by atoms with Crippen LogP contribution in [0.3, 0.4) is 0 Å². The van der Waals surface area contributed by atoms with Crippen LogP contribution in [0.1, 0.15) is 46.2 Å². The first-order chi connectivity index (χ1) is 15.0. The number of hydrogen-bond donors (Lipinski definition) is 0. The molecular weight excluding hydrogens is 438 g/mol. The van der Waals surface area contributed by atoms with Crippen molar-refractivity contribution in [3.8, 4) is 0 Å². The summed E-state index contributed by atoms with van der Waals surface area (Å²) in [6, 6.07) is 8.73. The summed E-state index contributed by atoms with van der Waals surface area (Å²) in [4.78, 5) is 48.8. The van der Waals surface area contributed by atoms with Gasteiger partial charge in [-0.1, -0.05) is 31.2 Å². The molecule has 0 amide bonds. The second-order valence-electron chi connectivity index (χ2n) is 7.05. The zero-order chi connectivity index (χ0) is 24.1. The highest BCUT2D eigenvalue weighted by Crippen LogP contribution is 2.21. The van der Waals surface area contributed by atoms with Crippen LogP contribution in [-0.2, 0) is 35.4 Å². The minimum atomic E-state index is -3.72. The summed E-state index contributed by atoms with van der Waals surface area (Å²) in [5.74, 6) is -3.46. The van der Waals surface area contributed by atoms with Gasteiger partial charge in [-0.3, -0.25) is 19.2 Å². The largest absolute Gasteiger partial charge is 0.468 e. The first-order valence-corrected chi connectivity index (χ1v) is 11.7. The molecule has 0 aliphatic heterocycles. The van der Waals surface area contributed by atoms with Gasteiger partial charge in [0.05, 0.1) is 19.9 Å². The Labute approximate surface area is 186 Å². The number of aromatic nitrogens is 1. The molecule has 0 bridgehead atoms. The van der Waals surface area contributed by atoms with E-state index in [1.165, 1.54) is 41.0 Å². The fourth-order valence-electron chi connectivity index (χ4n) is 3.24. The number of ketones is 2. The summed E-state index contributed by atoms with van der Waals surface area (Å²) in [5, 5.41) is -0.132. The Morgan fingerprint density at radius 1 is 0.906 bits per heavy atom. The number of carbonyl (C=O) groups excluding carboxylic acids is 4. The Hall–Kier alpha value is -3.27. The van der Waals surface area contributed by atoms with Gasteiger partial charge in [0, 0.05) is 30.3 Å². The van der Waals surface area contributed by atoms with Crippen LogP contribution in [-0.4, -0.2) is 57.0 Å². The van der Waals surface area contributed by atoms with Crippen LogP contribution in [0.5, 0.6) is 0 Å². The minimum absolute atomic E-state index is 0.0634. The van der Waals surface area contributed by atoms with Crippen molar-refractivity contribution < 1.29 is 37.1 Å². The Morgan fingerprint density at radius 3 is 1.91 bits per heavy atom. The molecular formula is C22H25NO8S. The second-order valence-corrected chi connectivity index (χ2v) is 9.01. The summed E-state index contributed by atoms with van der Waals surface area (Å²) >= 11 is 0. The van der Waals surface area contributed by atoms with Crippen LogP contribution in [0, 0.1) is 5.92 Å². The van der Waals surface area contributed by atoms with Crippen molar-refractivity contribution in [2.45, 2.75) is 31.3 Å². The number of carbonyl (C=O) groups is 4. The first kappa shape index (κ1) is 25.0. The maximum absolute atomic E-state index is 13.1. The Balaban J connectivity index is 2.43. The van der Waals surface area contributed by atoms with Gasteiger partial charge in [-0.05, 0) is 18.6 Å². The number of benzene rings is 1. The zero-order valence-corrected chi connectivity index (χ0v) is 19.1. The molecule has 0 spiro atoms. The number of ether oxygens (including phenoxy) is 2. The van der Waals surface area contributed by atoms with Gasteiger partial charge >= 0.3 is 11.9 Å². The molecule has 0 radical (unpaired) electrons. The maximum atomic E-state index is 13.1. The highest BCUT2D eigenvalue weighted by Gasteiger charge is 2.30. The average molecular weight is 464 g/mol. The molecule has 32 heavy (non-hydrogen) atoms. The average Bonchev–Trinajstić information content (AvgIpc) is 3.22. The van der Waals surface area contributed by atoms with Crippen molar-refractivity contribution in [2.24, 2.45) is 5.92 Å². The predicted molar refractivity (Wildman–Crippen MR) is 114 cm³/mol. The van der Waals surface area contributed by atoms with Gasteiger partial charge in [-0.2, -0.15) is 0 Å². The lowest BCUT2D eigenvalue weighted by atomic mass is 10.0. The highest BCUT2D eigenvalue weighted by atomic mass is 32.2. The van der Waals surface area contributed by atoms with Gasteiger partial charge in [0.15, 0.2) is 21.5 Å². The summed E-state index contributed by atoms with van der Waals surface area (Å²) in [5.41, 5.74) is 0.790. The second kappa shape index (κ2) is 10.4. The van der Waals surface area contributed by atoms with Gasteiger partial charge in [0.1, 0.15) is 5.03 Å². The molecule has 10 heteroatoms. The van der Waals surface area contributed by atoms with Gasteiger partial charge in [-0.15, -0.1) is 0 Å². The molecule has 9 nitrogen and oxygen atoms in total. The van der Waals surface area contributed by atoms with Crippen molar-refractivity contribution in [3.05, 3.63) is 53.2 Å². The molecule has 0 atom stereocenters. The number of rotatable bonds is 10. The molecule has 0 aliphatic rings. The Kier molecular flexibility index (Phi) is 8.09. The van der Waals surface area contributed by atoms with E-state index in [0.717, 1.165) is 20.5 Å².